The zero-order chi connectivity index (χ0) is 9.99. The Balaban J connectivity index is 0.000000261. The SMILES string of the molecule is CC(=O)O.[O]=[Cr]1(=[O])[O][Cr](=[O])(=[O])[O]1. The van der Waals surface area contributed by atoms with E-state index in [1.54, 1.807) is 0 Å². The van der Waals surface area contributed by atoms with Crippen molar-refractivity contribution < 1.29 is 58.0 Å². The molecule has 1 aliphatic heterocycles. The first-order valence-corrected chi connectivity index (χ1v) is 6.43. The fraction of sp³-hybridized carbons (Fsp3) is 0.500. The van der Waals surface area contributed by atoms with Crippen molar-refractivity contribution in [2.75, 3.05) is 0 Å². The number of aliphatic carboxylic acids is 1. The molecule has 1 heterocycles. The van der Waals surface area contributed by atoms with Crippen molar-refractivity contribution in [2.45, 2.75) is 6.92 Å². The Morgan fingerprint density at radius 3 is 1.25 bits per heavy atom. The van der Waals surface area contributed by atoms with Gasteiger partial charge in [0.15, 0.2) is 0 Å². The van der Waals surface area contributed by atoms with Crippen LogP contribution in [0.1, 0.15) is 6.92 Å². The second-order valence-electron chi connectivity index (χ2n) is 1.47. The third-order valence-corrected chi connectivity index (χ3v) is 5.67. The van der Waals surface area contributed by atoms with Crippen LogP contribution in [0.4, 0.5) is 0 Å². The Morgan fingerprint density at radius 1 is 1.08 bits per heavy atom. The molecule has 1 aliphatic rings. The molecule has 1 N–H and O–H groups in total. The predicted molar refractivity (Wildman–Crippen MR) is 18.2 cm³/mol. The zero-order valence-corrected chi connectivity index (χ0v) is 8.17. The quantitative estimate of drug-likeness (QED) is 0.616. The maximum absolute atomic E-state index is 9.77. The van der Waals surface area contributed by atoms with Crippen molar-refractivity contribution in [3.8, 4) is 0 Å². The molecular formula is C2H4Cr2O8. The number of hydrogen-bond donors (Lipinski definition) is 1. The van der Waals surface area contributed by atoms with Crippen molar-refractivity contribution >= 4 is 5.97 Å². The van der Waals surface area contributed by atoms with Gasteiger partial charge in [0.25, 0.3) is 5.97 Å². The first-order chi connectivity index (χ1) is 5.15. The van der Waals surface area contributed by atoms with Crippen LogP contribution in [0.25, 0.3) is 0 Å². The van der Waals surface area contributed by atoms with Gasteiger partial charge in [-0.2, -0.15) is 0 Å². The molecule has 0 aromatic rings. The van der Waals surface area contributed by atoms with Crippen molar-refractivity contribution in [2.24, 2.45) is 0 Å². The molecule has 0 bridgehead atoms. The average Bonchev–Trinajstić information content (AvgIpc) is 1.51. The van der Waals surface area contributed by atoms with Crippen molar-refractivity contribution in [1.82, 2.24) is 0 Å². The van der Waals surface area contributed by atoms with E-state index in [2.05, 4.69) is 5.68 Å². The molecule has 0 spiro atoms. The molecule has 0 unspecified atom stereocenters. The maximum atomic E-state index is 9.77. The van der Waals surface area contributed by atoms with Gasteiger partial charge in [0.1, 0.15) is 0 Å². The zero-order valence-electron chi connectivity index (χ0n) is 5.62. The molecule has 0 aliphatic carbocycles. The number of carbonyl (C=O) groups is 1. The molecule has 72 valence electrons. The summed E-state index contributed by atoms with van der Waals surface area (Å²) in [7, 11) is 0. The number of rotatable bonds is 0. The first-order valence-electron chi connectivity index (χ1n) is 2.26. The summed E-state index contributed by atoms with van der Waals surface area (Å²) in [5, 5.41) is 7.42. The van der Waals surface area contributed by atoms with E-state index in [1.807, 2.05) is 0 Å². The Hall–Kier alpha value is -0.345. The standard InChI is InChI=1S/C2H4O2.2Cr.6O/c1-2(3)4;;;;;;;;/h1H3,(H,3,4);;;;;;;;. The van der Waals surface area contributed by atoms with Gasteiger partial charge in [0.05, 0.1) is 0 Å². The summed E-state index contributed by atoms with van der Waals surface area (Å²) >= 11 is -9.59. The van der Waals surface area contributed by atoms with Gasteiger partial charge >= 0.3 is 48.1 Å². The molecule has 1 rings (SSSR count). The van der Waals surface area contributed by atoms with Crippen LogP contribution in [0, 0.1) is 0 Å². The van der Waals surface area contributed by atoms with Crippen LogP contribution in [-0.4, -0.2) is 11.1 Å². The second kappa shape index (κ2) is 3.58. The normalized spacial score (nSPS) is 22.8. The van der Waals surface area contributed by atoms with Crippen LogP contribution in [0.3, 0.4) is 0 Å². The van der Waals surface area contributed by atoms with E-state index in [0.29, 0.717) is 0 Å². The number of hydrogen-bond acceptors (Lipinski definition) is 7. The van der Waals surface area contributed by atoms with E-state index < -0.39 is 33.2 Å². The van der Waals surface area contributed by atoms with E-state index in [1.165, 1.54) is 0 Å². The third-order valence-electron chi connectivity index (χ3n) is 0.333. The average molecular weight is 260 g/mol. The van der Waals surface area contributed by atoms with Crippen LogP contribution in [0.15, 0.2) is 0 Å². The summed E-state index contributed by atoms with van der Waals surface area (Å²) in [6.07, 6.45) is 0. The van der Waals surface area contributed by atoms with Crippen LogP contribution < -0.4 is 0 Å². The van der Waals surface area contributed by atoms with E-state index in [0.717, 1.165) is 6.92 Å². The monoisotopic (exact) mass is 260 g/mol. The molecule has 0 atom stereocenters. The molecular weight excluding hydrogens is 256 g/mol. The van der Waals surface area contributed by atoms with Crippen LogP contribution >= 0.6 is 0 Å². The van der Waals surface area contributed by atoms with Gasteiger partial charge in [-0.05, 0) is 0 Å². The first kappa shape index (κ1) is 11.7. The molecule has 10 heteroatoms. The second-order valence-corrected chi connectivity index (χ2v) is 6.20. The van der Waals surface area contributed by atoms with Crippen molar-refractivity contribution in [3.63, 3.8) is 0 Å². The molecule has 0 radical (unpaired) electrons. The third kappa shape index (κ3) is 5.32. The minimum atomic E-state index is -4.80. The minimum absolute atomic E-state index is 0.833. The molecule has 0 aromatic carbocycles. The number of carboxylic acid groups (broad SMARTS) is 1. The Bertz CT molecular complexity index is 306. The van der Waals surface area contributed by atoms with E-state index in [4.69, 9.17) is 9.90 Å². The molecule has 1 fully saturated rings. The molecule has 0 aromatic heterocycles. The summed E-state index contributed by atoms with van der Waals surface area (Å²) < 4.78 is 45.8. The van der Waals surface area contributed by atoms with Gasteiger partial charge in [-0.1, -0.05) is 0 Å². The number of carboxylic acids is 1. The van der Waals surface area contributed by atoms with Crippen molar-refractivity contribution in [1.29, 1.82) is 0 Å². The Labute approximate surface area is 71.2 Å². The topological polar surface area (TPSA) is 124 Å². The molecule has 0 amide bonds. The van der Waals surface area contributed by atoms with Gasteiger partial charge in [-0.3, -0.25) is 4.79 Å². The summed E-state index contributed by atoms with van der Waals surface area (Å²) in [6.45, 7) is 1.08. The van der Waals surface area contributed by atoms with Gasteiger partial charge in [-0.25, -0.2) is 0 Å². The molecule has 0 saturated carbocycles. The molecule has 1 saturated heterocycles. The summed E-state index contributed by atoms with van der Waals surface area (Å²) in [6, 6.07) is 0. The van der Waals surface area contributed by atoms with Gasteiger partial charge in [0.2, 0.25) is 0 Å². The fourth-order valence-corrected chi connectivity index (χ4v) is 3.56. The van der Waals surface area contributed by atoms with Gasteiger partial charge in [-0.15, -0.1) is 0 Å². The van der Waals surface area contributed by atoms with E-state index >= 15 is 0 Å². The van der Waals surface area contributed by atoms with Crippen LogP contribution in [-0.2, 0) is 52.9 Å². The Morgan fingerprint density at radius 2 is 1.25 bits per heavy atom. The summed E-state index contributed by atoms with van der Waals surface area (Å²) in [5.41, 5.74) is 0. The molecule has 12 heavy (non-hydrogen) atoms. The predicted octanol–water partition coefficient (Wildman–Crippen LogP) is -0.526. The van der Waals surface area contributed by atoms with Crippen molar-refractivity contribution in [3.05, 3.63) is 0 Å². The van der Waals surface area contributed by atoms with Crippen LogP contribution in [0.5, 0.6) is 0 Å². The molecule has 8 nitrogen and oxygen atoms in total. The Kier molecular flexibility index (Phi) is 3.48. The summed E-state index contributed by atoms with van der Waals surface area (Å²) in [5.74, 6) is -0.833. The van der Waals surface area contributed by atoms with Crippen LogP contribution in [0.2, 0.25) is 0 Å². The van der Waals surface area contributed by atoms with Gasteiger partial charge in [0, 0.05) is 6.92 Å². The summed E-state index contributed by atoms with van der Waals surface area (Å²) in [4.78, 5) is 9.00. The van der Waals surface area contributed by atoms with E-state index in [-0.39, 0.29) is 0 Å². The fourth-order valence-electron chi connectivity index (χ4n) is 0.209. The van der Waals surface area contributed by atoms with Gasteiger partial charge < -0.3 is 5.11 Å². The van der Waals surface area contributed by atoms with E-state index in [9.17, 15) is 15.2 Å².